The quantitative estimate of drug-likeness (QED) is 0.843. The highest BCUT2D eigenvalue weighted by Gasteiger charge is 2.14. The molecule has 0 bridgehead atoms. The maximum absolute atomic E-state index is 12.0. The zero-order valence-electron chi connectivity index (χ0n) is 10.5. The lowest BCUT2D eigenvalue weighted by Crippen LogP contribution is -2.22. The number of hydrogen-bond donors (Lipinski definition) is 1. The molecule has 0 saturated carbocycles. The first kappa shape index (κ1) is 14.0. The largest absolute Gasteiger partial charge is 0.325 e. The van der Waals surface area contributed by atoms with E-state index in [4.69, 9.17) is 11.6 Å². The maximum atomic E-state index is 12.0. The van der Waals surface area contributed by atoms with Gasteiger partial charge in [0.1, 0.15) is 0 Å². The molecule has 0 aliphatic heterocycles. The molecule has 0 heterocycles. The fourth-order valence-corrected chi connectivity index (χ4v) is 2.55. The van der Waals surface area contributed by atoms with Gasteiger partial charge in [0.25, 0.3) is 0 Å². The van der Waals surface area contributed by atoms with Crippen LogP contribution in [0.1, 0.15) is 6.92 Å². The van der Waals surface area contributed by atoms with E-state index in [2.05, 4.69) is 5.32 Å². The Bertz CT molecular complexity index is 542. The molecule has 98 valence electrons. The lowest BCUT2D eigenvalue weighted by molar-refractivity contribution is -0.115. The molecular formula is C15H14ClNOS. The highest BCUT2D eigenvalue weighted by atomic mass is 35.5. The third-order valence-corrected chi connectivity index (χ3v) is 3.90. The van der Waals surface area contributed by atoms with Gasteiger partial charge in [0, 0.05) is 15.6 Å². The van der Waals surface area contributed by atoms with Crippen LogP contribution in [0.2, 0.25) is 5.02 Å². The van der Waals surface area contributed by atoms with Gasteiger partial charge >= 0.3 is 0 Å². The van der Waals surface area contributed by atoms with Gasteiger partial charge in [-0.05, 0) is 43.3 Å². The van der Waals surface area contributed by atoms with E-state index in [1.54, 1.807) is 24.3 Å². The van der Waals surface area contributed by atoms with Crippen molar-refractivity contribution in [2.24, 2.45) is 0 Å². The second-order valence-electron chi connectivity index (χ2n) is 4.07. The highest BCUT2D eigenvalue weighted by molar-refractivity contribution is 8.00. The maximum Gasteiger partial charge on any atom is 0.237 e. The Kier molecular flexibility index (Phi) is 4.88. The zero-order chi connectivity index (χ0) is 13.7. The van der Waals surface area contributed by atoms with Crippen molar-refractivity contribution >= 4 is 35.0 Å². The normalized spacial score (nSPS) is 11.9. The SMILES string of the molecule is C[C@H](Sc1ccccc1)C(=O)Nc1ccc(Cl)cc1. The molecule has 1 N–H and O–H groups in total. The number of benzene rings is 2. The van der Waals surface area contributed by atoms with Crippen LogP contribution in [0.3, 0.4) is 0 Å². The van der Waals surface area contributed by atoms with Gasteiger partial charge in [-0.3, -0.25) is 4.79 Å². The molecule has 2 aromatic rings. The summed E-state index contributed by atoms with van der Waals surface area (Å²) in [4.78, 5) is 13.1. The summed E-state index contributed by atoms with van der Waals surface area (Å²) in [6, 6.07) is 17.0. The van der Waals surface area contributed by atoms with Crippen LogP contribution < -0.4 is 5.32 Å². The molecule has 0 spiro atoms. The van der Waals surface area contributed by atoms with E-state index in [1.807, 2.05) is 37.3 Å². The van der Waals surface area contributed by atoms with Crippen molar-refractivity contribution in [3.05, 3.63) is 59.6 Å². The third kappa shape index (κ3) is 4.30. The summed E-state index contributed by atoms with van der Waals surface area (Å²) in [5, 5.41) is 3.37. The van der Waals surface area contributed by atoms with E-state index in [0.29, 0.717) is 5.02 Å². The van der Waals surface area contributed by atoms with E-state index < -0.39 is 0 Å². The van der Waals surface area contributed by atoms with Crippen molar-refractivity contribution in [2.45, 2.75) is 17.1 Å². The summed E-state index contributed by atoms with van der Waals surface area (Å²) in [5.74, 6) is -0.0174. The van der Waals surface area contributed by atoms with Crippen molar-refractivity contribution in [2.75, 3.05) is 5.32 Å². The lowest BCUT2D eigenvalue weighted by Gasteiger charge is -2.12. The van der Waals surface area contributed by atoms with E-state index in [-0.39, 0.29) is 11.2 Å². The number of nitrogens with one attached hydrogen (secondary N) is 1. The summed E-state index contributed by atoms with van der Waals surface area (Å²) in [6.45, 7) is 1.89. The minimum absolute atomic E-state index is 0.0174. The number of carbonyl (C=O) groups excluding carboxylic acids is 1. The second kappa shape index (κ2) is 6.64. The topological polar surface area (TPSA) is 29.1 Å². The summed E-state index contributed by atoms with van der Waals surface area (Å²) in [5.41, 5.74) is 0.759. The molecule has 1 atom stereocenters. The summed E-state index contributed by atoms with van der Waals surface area (Å²) in [7, 11) is 0. The van der Waals surface area contributed by atoms with E-state index >= 15 is 0 Å². The van der Waals surface area contributed by atoms with Crippen LogP contribution in [0.4, 0.5) is 5.69 Å². The standard InChI is InChI=1S/C15H14ClNOS/c1-11(19-14-5-3-2-4-6-14)15(18)17-13-9-7-12(16)8-10-13/h2-11H,1H3,(H,17,18)/t11-/m0/s1. The monoisotopic (exact) mass is 291 g/mol. The van der Waals surface area contributed by atoms with E-state index in [9.17, 15) is 4.79 Å². The molecule has 0 aliphatic rings. The third-order valence-electron chi connectivity index (χ3n) is 2.54. The minimum atomic E-state index is -0.155. The number of thioether (sulfide) groups is 1. The first-order valence-electron chi connectivity index (χ1n) is 5.93. The fourth-order valence-electron chi connectivity index (χ4n) is 1.53. The van der Waals surface area contributed by atoms with Crippen molar-refractivity contribution in [1.29, 1.82) is 0 Å². The van der Waals surface area contributed by atoms with Crippen molar-refractivity contribution in [3.63, 3.8) is 0 Å². The van der Waals surface area contributed by atoms with Gasteiger partial charge in [0.2, 0.25) is 5.91 Å². The number of anilines is 1. The molecule has 0 saturated heterocycles. The van der Waals surface area contributed by atoms with Crippen LogP contribution in [-0.2, 0) is 4.79 Å². The van der Waals surface area contributed by atoms with Crippen molar-refractivity contribution in [1.82, 2.24) is 0 Å². The smallest absolute Gasteiger partial charge is 0.237 e. The van der Waals surface area contributed by atoms with Crippen LogP contribution in [-0.4, -0.2) is 11.2 Å². The van der Waals surface area contributed by atoms with Crippen molar-refractivity contribution < 1.29 is 4.79 Å². The summed E-state index contributed by atoms with van der Waals surface area (Å²) >= 11 is 7.34. The molecule has 0 radical (unpaired) electrons. The average Bonchev–Trinajstić information content (AvgIpc) is 2.42. The van der Waals surface area contributed by atoms with Crippen LogP contribution in [0, 0.1) is 0 Å². The first-order valence-corrected chi connectivity index (χ1v) is 7.19. The Balaban J connectivity index is 1.94. The minimum Gasteiger partial charge on any atom is -0.325 e. The van der Waals surface area contributed by atoms with Crippen LogP contribution >= 0.6 is 23.4 Å². The molecule has 1 amide bonds. The molecule has 2 rings (SSSR count). The van der Waals surface area contributed by atoms with E-state index in [0.717, 1.165) is 10.6 Å². The fraction of sp³-hybridized carbons (Fsp3) is 0.133. The molecule has 0 fully saturated rings. The zero-order valence-corrected chi connectivity index (χ0v) is 12.0. The number of rotatable bonds is 4. The van der Waals surface area contributed by atoms with Gasteiger partial charge in [-0.15, -0.1) is 11.8 Å². The highest BCUT2D eigenvalue weighted by Crippen LogP contribution is 2.24. The molecule has 19 heavy (non-hydrogen) atoms. The van der Waals surface area contributed by atoms with Gasteiger partial charge in [0.05, 0.1) is 5.25 Å². The number of halogens is 1. The predicted molar refractivity (Wildman–Crippen MR) is 81.8 cm³/mol. The second-order valence-corrected chi connectivity index (χ2v) is 5.92. The Morgan fingerprint density at radius 2 is 1.74 bits per heavy atom. The Labute approximate surface area is 122 Å². The Hall–Kier alpha value is -1.45. The molecule has 0 aromatic heterocycles. The summed E-state index contributed by atoms with van der Waals surface area (Å²) < 4.78 is 0. The average molecular weight is 292 g/mol. The first-order chi connectivity index (χ1) is 9.15. The van der Waals surface area contributed by atoms with Crippen molar-refractivity contribution in [3.8, 4) is 0 Å². The molecular weight excluding hydrogens is 278 g/mol. The van der Waals surface area contributed by atoms with E-state index in [1.165, 1.54) is 11.8 Å². The van der Waals surface area contributed by atoms with Crippen LogP contribution in [0.25, 0.3) is 0 Å². The molecule has 0 aliphatic carbocycles. The Morgan fingerprint density at radius 3 is 2.37 bits per heavy atom. The Morgan fingerprint density at radius 1 is 1.11 bits per heavy atom. The van der Waals surface area contributed by atoms with Gasteiger partial charge in [0.15, 0.2) is 0 Å². The molecule has 4 heteroatoms. The van der Waals surface area contributed by atoms with Gasteiger partial charge in [-0.2, -0.15) is 0 Å². The molecule has 0 unspecified atom stereocenters. The summed E-state index contributed by atoms with van der Waals surface area (Å²) in [6.07, 6.45) is 0. The lowest BCUT2D eigenvalue weighted by atomic mass is 10.3. The van der Waals surface area contributed by atoms with Gasteiger partial charge in [-0.25, -0.2) is 0 Å². The molecule has 2 aromatic carbocycles. The predicted octanol–water partition coefficient (Wildman–Crippen LogP) is 4.46. The van der Waals surface area contributed by atoms with Crippen LogP contribution in [0.15, 0.2) is 59.5 Å². The van der Waals surface area contributed by atoms with Gasteiger partial charge in [-0.1, -0.05) is 29.8 Å². The number of amides is 1. The number of carbonyl (C=O) groups is 1. The number of hydrogen-bond acceptors (Lipinski definition) is 2. The molecule has 2 nitrogen and oxygen atoms in total. The van der Waals surface area contributed by atoms with Crippen LogP contribution in [0.5, 0.6) is 0 Å². The van der Waals surface area contributed by atoms with Gasteiger partial charge < -0.3 is 5.32 Å².